The summed E-state index contributed by atoms with van der Waals surface area (Å²) in [4.78, 5) is 0. The summed E-state index contributed by atoms with van der Waals surface area (Å²) < 4.78 is 26.6. The number of benzene rings is 2. The third-order valence-corrected chi connectivity index (χ3v) is 2.86. The minimum Gasteiger partial charge on any atom is -0.318 e. The fourth-order valence-electron chi connectivity index (χ4n) is 1.85. The van der Waals surface area contributed by atoms with E-state index < -0.39 is 17.2 Å². The van der Waals surface area contributed by atoms with Crippen LogP contribution >= 0.6 is 0 Å². The fourth-order valence-corrected chi connectivity index (χ4v) is 1.85. The Bertz CT molecular complexity index is 521. The molecular formula is C14H13F2N. The average Bonchev–Trinajstić information content (AvgIpc) is 2.29. The Morgan fingerprint density at radius 3 is 2.24 bits per heavy atom. The Balaban J connectivity index is 2.52. The normalized spacial score (nSPS) is 14.4. The van der Waals surface area contributed by atoms with E-state index in [4.69, 9.17) is 5.73 Å². The van der Waals surface area contributed by atoms with Gasteiger partial charge in [0.15, 0.2) is 0 Å². The third kappa shape index (κ3) is 2.19. The summed E-state index contributed by atoms with van der Waals surface area (Å²) in [7, 11) is 0. The molecule has 0 saturated carbocycles. The van der Waals surface area contributed by atoms with Gasteiger partial charge in [-0.3, -0.25) is 0 Å². The lowest BCUT2D eigenvalue weighted by Crippen LogP contribution is -2.35. The lowest BCUT2D eigenvalue weighted by Gasteiger charge is -2.26. The van der Waals surface area contributed by atoms with Crippen molar-refractivity contribution in [1.82, 2.24) is 0 Å². The highest BCUT2D eigenvalue weighted by Gasteiger charge is 2.26. The molecule has 1 nitrogen and oxygen atoms in total. The molecule has 0 aromatic heterocycles. The lowest BCUT2D eigenvalue weighted by atomic mass is 9.85. The molecular weight excluding hydrogens is 220 g/mol. The number of rotatable bonds is 2. The summed E-state index contributed by atoms with van der Waals surface area (Å²) in [5.74, 6) is -1.23. The largest absolute Gasteiger partial charge is 0.318 e. The first kappa shape index (κ1) is 11.7. The fraction of sp³-hybridized carbons (Fsp3) is 0.143. The van der Waals surface area contributed by atoms with Crippen LogP contribution in [0.5, 0.6) is 0 Å². The first-order valence-electron chi connectivity index (χ1n) is 5.32. The van der Waals surface area contributed by atoms with Crippen LogP contribution in [0.25, 0.3) is 0 Å². The van der Waals surface area contributed by atoms with Gasteiger partial charge in [-0.25, -0.2) is 8.78 Å². The molecule has 0 bridgehead atoms. The van der Waals surface area contributed by atoms with Crippen molar-refractivity contribution < 1.29 is 8.78 Å². The quantitative estimate of drug-likeness (QED) is 0.847. The van der Waals surface area contributed by atoms with Crippen molar-refractivity contribution in [3.63, 3.8) is 0 Å². The molecule has 2 rings (SSSR count). The van der Waals surface area contributed by atoms with Crippen LogP contribution in [0.3, 0.4) is 0 Å². The van der Waals surface area contributed by atoms with Crippen molar-refractivity contribution in [3.05, 3.63) is 71.3 Å². The molecule has 0 radical (unpaired) electrons. The number of nitrogens with two attached hydrogens (primary N) is 1. The van der Waals surface area contributed by atoms with Crippen LogP contribution in [0.1, 0.15) is 18.1 Å². The zero-order valence-electron chi connectivity index (χ0n) is 9.45. The maximum absolute atomic E-state index is 13.7. The van der Waals surface area contributed by atoms with Crippen LogP contribution in [0.2, 0.25) is 0 Å². The summed E-state index contributed by atoms with van der Waals surface area (Å²) in [5, 5.41) is 0. The lowest BCUT2D eigenvalue weighted by molar-refractivity contribution is 0.517. The van der Waals surface area contributed by atoms with E-state index in [-0.39, 0.29) is 5.56 Å². The molecule has 0 fully saturated rings. The van der Waals surface area contributed by atoms with Crippen LogP contribution in [0.15, 0.2) is 48.5 Å². The van der Waals surface area contributed by atoms with Gasteiger partial charge in [0, 0.05) is 11.6 Å². The Morgan fingerprint density at radius 2 is 1.65 bits per heavy atom. The minimum atomic E-state index is -0.973. The molecule has 2 aromatic rings. The highest BCUT2D eigenvalue weighted by molar-refractivity contribution is 5.37. The van der Waals surface area contributed by atoms with Crippen molar-refractivity contribution in [2.45, 2.75) is 12.5 Å². The number of halogens is 2. The molecule has 0 spiro atoms. The summed E-state index contributed by atoms with van der Waals surface area (Å²) >= 11 is 0. The van der Waals surface area contributed by atoms with Gasteiger partial charge in [-0.1, -0.05) is 36.4 Å². The molecule has 0 heterocycles. The van der Waals surface area contributed by atoms with E-state index in [2.05, 4.69) is 0 Å². The zero-order chi connectivity index (χ0) is 12.5. The van der Waals surface area contributed by atoms with Crippen LogP contribution < -0.4 is 5.73 Å². The van der Waals surface area contributed by atoms with Gasteiger partial charge in [0.25, 0.3) is 0 Å². The standard InChI is InChI=1S/C14H13F2N/c1-14(17,10-5-3-2-4-6-10)12-8-7-11(15)9-13(12)16/h2-9H,17H2,1H3. The molecule has 0 aliphatic carbocycles. The van der Waals surface area contributed by atoms with Gasteiger partial charge < -0.3 is 5.73 Å². The molecule has 0 saturated heterocycles. The summed E-state index contributed by atoms with van der Waals surface area (Å²) in [5.41, 5.74) is 6.24. The van der Waals surface area contributed by atoms with Gasteiger partial charge in [-0.2, -0.15) is 0 Å². The topological polar surface area (TPSA) is 26.0 Å². The average molecular weight is 233 g/mol. The minimum absolute atomic E-state index is 0.283. The molecule has 88 valence electrons. The van der Waals surface area contributed by atoms with E-state index in [9.17, 15) is 8.78 Å². The highest BCUT2D eigenvalue weighted by Crippen LogP contribution is 2.28. The van der Waals surface area contributed by atoms with Crippen LogP contribution in [0.4, 0.5) is 8.78 Å². The molecule has 0 amide bonds. The predicted molar refractivity (Wildman–Crippen MR) is 63.4 cm³/mol. The molecule has 1 unspecified atom stereocenters. The predicted octanol–water partition coefficient (Wildman–Crippen LogP) is 3.19. The van der Waals surface area contributed by atoms with E-state index in [1.807, 2.05) is 30.3 Å². The summed E-state index contributed by atoms with van der Waals surface area (Å²) in [6, 6.07) is 12.6. The van der Waals surface area contributed by atoms with Crippen molar-refractivity contribution >= 4 is 0 Å². The Labute approximate surface area is 98.9 Å². The molecule has 17 heavy (non-hydrogen) atoms. The number of hydrogen-bond acceptors (Lipinski definition) is 1. The first-order valence-corrected chi connectivity index (χ1v) is 5.32. The van der Waals surface area contributed by atoms with Crippen molar-refractivity contribution in [1.29, 1.82) is 0 Å². The Morgan fingerprint density at radius 1 is 1.00 bits per heavy atom. The third-order valence-electron chi connectivity index (χ3n) is 2.86. The molecule has 0 aliphatic heterocycles. The Kier molecular flexibility index (Phi) is 2.94. The van der Waals surface area contributed by atoms with Crippen LogP contribution in [-0.4, -0.2) is 0 Å². The molecule has 2 aromatic carbocycles. The zero-order valence-corrected chi connectivity index (χ0v) is 9.45. The first-order chi connectivity index (χ1) is 8.01. The summed E-state index contributed by atoms with van der Waals surface area (Å²) in [6.07, 6.45) is 0. The van der Waals surface area contributed by atoms with Gasteiger partial charge in [-0.15, -0.1) is 0 Å². The molecule has 1 atom stereocenters. The SMILES string of the molecule is CC(N)(c1ccccc1)c1ccc(F)cc1F. The van der Waals surface area contributed by atoms with Gasteiger partial charge in [0.1, 0.15) is 11.6 Å². The molecule has 0 aliphatic rings. The van der Waals surface area contributed by atoms with E-state index in [0.717, 1.165) is 11.6 Å². The van der Waals surface area contributed by atoms with Crippen molar-refractivity contribution in [3.8, 4) is 0 Å². The van der Waals surface area contributed by atoms with Gasteiger partial charge >= 0.3 is 0 Å². The van der Waals surface area contributed by atoms with Gasteiger partial charge in [0.2, 0.25) is 0 Å². The smallest absolute Gasteiger partial charge is 0.131 e. The second-order valence-electron chi connectivity index (χ2n) is 4.19. The monoisotopic (exact) mass is 233 g/mol. The van der Waals surface area contributed by atoms with E-state index in [1.54, 1.807) is 6.92 Å². The van der Waals surface area contributed by atoms with E-state index in [1.165, 1.54) is 12.1 Å². The van der Waals surface area contributed by atoms with Crippen LogP contribution in [-0.2, 0) is 5.54 Å². The van der Waals surface area contributed by atoms with Gasteiger partial charge in [0.05, 0.1) is 5.54 Å². The van der Waals surface area contributed by atoms with E-state index in [0.29, 0.717) is 0 Å². The second kappa shape index (κ2) is 4.26. The second-order valence-corrected chi connectivity index (χ2v) is 4.19. The van der Waals surface area contributed by atoms with E-state index >= 15 is 0 Å². The van der Waals surface area contributed by atoms with Crippen molar-refractivity contribution in [2.75, 3.05) is 0 Å². The maximum Gasteiger partial charge on any atom is 0.131 e. The highest BCUT2D eigenvalue weighted by atomic mass is 19.1. The molecule has 3 heteroatoms. The van der Waals surface area contributed by atoms with Crippen molar-refractivity contribution in [2.24, 2.45) is 5.73 Å². The number of hydrogen-bond donors (Lipinski definition) is 1. The summed E-state index contributed by atoms with van der Waals surface area (Å²) in [6.45, 7) is 1.71. The van der Waals surface area contributed by atoms with Crippen LogP contribution in [0, 0.1) is 11.6 Å². The van der Waals surface area contributed by atoms with Gasteiger partial charge in [-0.05, 0) is 18.6 Å². The Hall–Kier alpha value is -1.74. The maximum atomic E-state index is 13.7. The molecule has 2 N–H and O–H groups in total.